The number of carbonyl (C=O) groups excluding carboxylic acids is 7. The van der Waals surface area contributed by atoms with Crippen molar-refractivity contribution in [2.45, 2.75) is 120 Å². The minimum absolute atomic E-state index is 0.0551. The number of guanidine groups is 1. The number of nitrogens with one attached hydrogen (secondary N) is 6. The third-order valence-corrected chi connectivity index (χ3v) is 16.0. The maximum absolute atomic E-state index is 14.2. The molecule has 85 heavy (non-hydrogen) atoms. The number of aliphatic carboxylic acids is 1. The van der Waals surface area contributed by atoms with Crippen molar-refractivity contribution in [2.75, 3.05) is 37.6 Å². The van der Waals surface area contributed by atoms with Crippen molar-refractivity contribution in [2.24, 2.45) is 22.2 Å². The summed E-state index contributed by atoms with van der Waals surface area (Å²) >= 11 is 0. The topological polar surface area (TPSA) is 326 Å². The van der Waals surface area contributed by atoms with E-state index in [9.17, 15) is 43.5 Å². The number of nitrogens with two attached hydrogens (primary N) is 3. The third-order valence-electron chi connectivity index (χ3n) is 16.0. The molecule has 0 unspecified atom stereocenters. The lowest BCUT2D eigenvalue weighted by molar-refractivity contribution is -0.436. The maximum atomic E-state index is 14.2. The molecule has 5 aromatic carbocycles. The van der Waals surface area contributed by atoms with E-state index in [1.165, 1.54) is 0 Å². The lowest BCUT2D eigenvalue weighted by Gasteiger charge is -2.27. The van der Waals surface area contributed by atoms with Crippen LogP contribution in [0.3, 0.4) is 0 Å². The fourth-order valence-corrected chi connectivity index (χ4v) is 11.8. The van der Waals surface area contributed by atoms with Crippen LogP contribution in [-0.2, 0) is 55.6 Å². The van der Waals surface area contributed by atoms with Crippen LogP contribution in [0, 0.1) is 0 Å². The van der Waals surface area contributed by atoms with Gasteiger partial charge in [0.15, 0.2) is 18.2 Å². The van der Waals surface area contributed by atoms with E-state index in [0.717, 1.165) is 55.5 Å². The number of hydrogen-bond acceptors (Lipinski definition) is 10. The van der Waals surface area contributed by atoms with Gasteiger partial charge in [-0.1, -0.05) is 105 Å². The van der Waals surface area contributed by atoms with E-state index in [1.807, 2.05) is 30.3 Å². The van der Waals surface area contributed by atoms with Gasteiger partial charge in [-0.05, 0) is 96.8 Å². The Balaban J connectivity index is 1.13. The summed E-state index contributed by atoms with van der Waals surface area (Å²) in [6.07, 6.45) is 6.51. The van der Waals surface area contributed by atoms with Crippen molar-refractivity contribution >= 4 is 91.9 Å². The number of rotatable bonds is 9. The largest absolute Gasteiger partial charge is 0.481 e. The van der Waals surface area contributed by atoms with E-state index in [0.29, 0.717) is 24.9 Å². The van der Waals surface area contributed by atoms with Gasteiger partial charge >= 0.3 is 5.97 Å². The van der Waals surface area contributed by atoms with Gasteiger partial charge in [0.05, 0.1) is 24.8 Å². The number of nitrogens with zero attached hydrogens (tertiary/aromatic N) is 3. The average molecular weight is 1160 g/mol. The van der Waals surface area contributed by atoms with Gasteiger partial charge in [-0.3, -0.25) is 43.3 Å². The van der Waals surface area contributed by atoms with Gasteiger partial charge in [0, 0.05) is 67.0 Å². The second-order valence-corrected chi connectivity index (χ2v) is 22.8. The van der Waals surface area contributed by atoms with Gasteiger partial charge < -0.3 is 59.1 Å². The first kappa shape index (κ1) is 61.7. The Morgan fingerprint density at radius 3 is 2.04 bits per heavy atom. The summed E-state index contributed by atoms with van der Waals surface area (Å²) in [6.45, 7) is 8.93. The number of amides is 7. The Bertz CT molecular complexity index is 3510. The molecule has 0 aliphatic carbocycles. The molecule has 0 radical (unpaired) electrons. The summed E-state index contributed by atoms with van der Waals surface area (Å²) in [7, 11) is 0. The summed E-state index contributed by atoms with van der Waals surface area (Å²) < 4.78 is 2.21. The number of carboxylic acids is 1. The normalized spacial score (nSPS) is 22.2. The molecule has 8 rings (SSSR count). The molecule has 0 spiro atoms. The molecule has 3 heterocycles. The molecule has 0 fully saturated rings. The van der Waals surface area contributed by atoms with E-state index in [4.69, 9.17) is 17.2 Å². The highest BCUT2D eigenvalue weighted by molar-refractivity contribution is 6.08. The smallest absolute Gasteiger partial charge is 0.305 e. The number of fused-ring (bicyclic) bond motifs is 9. The molecule has 21 nitrogen and oxygen atoms in total. The second-order valence-electron chi connectivity index (χ2n) is 22.8. The van der Waals surface area contributed by atoms with Crippen molar-refractivity contribution in [3.63, 3.8) is 0 Å². The molecule has 0 aromatic heterocycles. The average Bonchev–Trinajstić information content (AvgIpc) is 1.71. The van der Waals surface area contributed by atoms with Crippen LogP contribution in [0.25, 0.3) is 21.5 Å². The van der Waals surface area contributed by atoms with Gasteiger partial charge in [-0.2, -0.15) is 4.58 Å². The third kappa shape index (κ3) is 14.9. The molecular weight excluding hydrogens is 1080 g/mol. The highest BCUT2D eigenvalue weighted by Crippen LogP contribution is 2.51. The van der Waals surface area contributed by atoms with E-state index in [1.54, 1.807) is 30.3 Å². The number of aliphatic imine (C=N–C) groups is 1. The molecule has 3 aliphatic rings. The highest BCUT2D eigenvalue weighted by atomic mass is 16.4. The maximum Gasteiger partial charge on any atom is 0.305 e. The number of hydrogen-bond donors (Lipinski definition) is 10. The molecule has 0 saturated heterocycles. The lowest BCUT2D eigenvalue weighted by Crippen LogP contribution is -2.58. The highest BCUT2D eigenvalue weighted by Gasteiger charge is 2.46. The van der Waals surface area contributed by atoms with E-state index in [-0.39, 0.29) is 70.0 Å². The van der Waals surface area contributed by atoms with Crippen LogP contribution in [0.15, 0.2) is 132 Å². The van der Waals surface area contributed by atoms with E-state index in [2.05, 4.69) is 135 Å². The van der Waals surface area contributed by atoms with Gasteiger partial charge in [-0.25, -0.2) is 0 Å². The summed E-state index contributed by atoms with van der Waals surface area (Å²) in [5, 5.41) is 30.1. The molecule has 446 valence electrons. The van der Waals surface area contributed by atoms with Crippen LogP contribution < -0.4 is 54.0 Å². The van der Waals surface area contributed by atoms with Crippen LogP contribution >= 0.6 is 0 Å². The van der Waals surface area contributed by atoms with Crippen LogP contribution in [0.5, 0.6) is 0 Å². The van der Waals surface area contributed by atoms with Crippen LogP contribution in [0.4, 0.5) is 11.4 Å². The first-order valence-electron chi connectivity index (χ1n) is 28.8. The van der Waals surface area contributed by atoms with Crippen LogP contribution in [0.2, 0.25) is 0 Å². The summed E-state index contributed by atoms with van der Waals surface area (Å²) in [4.78, 5) is 115. The Morgan fingerprint density at radius 1 is 0.682 bits per heavy atom. The van der Waals surface area contributed by atoms with Crippen molar-refractivity contribution in [1.29, 1.82) is 0 Å². The van der Waals surface area contributed by atoms with Gasteiger partial charge in [-0.15, -0.1) is 0 Å². The van der Waals surface area contributed by atoms with Gasteiger partial charge in [0.1, 0.15) is 24.2 Å². The SMILES string of the molecule is CC1(C)C2=[N+](CCC(=O)NCCCC[C@@H](C(N)=O)NC(=O)[C@@H](Cc3ccccc3)NC(=O)[C@H](CC(=O)O)NC(=O)CNC(=O)[C@H](CCCN=C(N)N)NC(=O)CCN3/C(=C/C=C/2)C(C)(C)c2c3ccc3ccccc23)c2ccc3ccccc3c21. The number of anilines is 1. The minimum Gasteiger partial charge on any atom is -0.481 e. The summed E-state index contributed by atoms with van der Waals surface area (Å²) in [6, 6.07) is 27.9. The predicted octanol–water partition coefficient (Wildman–Crippen LogP) is 4.00. The zero-order valence-electron chi connectivity index (χ0n) is 48.5. The molecular formula is C64H77N12O9+. The number of benzene rings is 5. The Labute approximate surface area is 494 Å². The molecule has 0 bridgehead atoms. The zero-order valence-corrected chi connectivity index (χ0v) is 48.5. The first-order chi connectivity index (χ1) is 40.6. The van der Waals surface area contributed by atoms with E-state index < -0.39 is 89.4 Å². The number of allylic oxidation sites excluding steroid dienone is 4. The number of carboxylic acid groups (broad SMARTS) is 1. The van der Waals surface area contributed by atoms with E-state index >= 15 is 0 Å². The molecule has 5 aromatic rings. The number of carbonyl (C=O) groups is 8. The fourth-order valence-electron chi connectivity index (χ4n) is 11.8. The summed E-state index contributed by atoms with van der Waals surface area (Å²) in [5.41, 5.74) is 22.5. The van der Waals surface area contributed by atoms with Crippen LogP contribution in [-0.4, -0.2) is 126 Å². The molecule has 13 N–H and O–H groups in total. The fraction of sp³-hybridized carbons (Fsp3) is 0.375. The Kier molecular flexibility index (Phi) is 19.8. The van der Waals surface area contributed by atoms with Gasteiger partial charge in [0.2, 0.25) is 47.0 Å². The number of primary amides is 1. The molecule has 21 heteroatoms. The molecule has 3 aliphatic heterocycles. The van der Waals surface area contributed by atoms with Crippen molar-refractivity contribution in [1.82, 2.24) is 31.9 Å². The predicted molar refractivity (Wildman–Crippen MR) is 327 cm³/mol. The molecule has 4 atom stereocenters. The Hall–Kier alpha value is -9.40. The quantitative estimate of drug-likeness (QED) is 0.0434. The van der Waals surface area contributed by atoms with Crippen molar-refractivity contribution < 1.29 is 48.0 Å². The first-order valence-corrected chi connectivity index (χ1v) is 28.8. The molecule has 7 amide bonds. The Morgan fingerprint density at radius 2 is 1.34 bits per heavy atom. The van der Waals surface area contributed by atoms with Crippen molar-refractivity contribution in [3.8, 4) is 0 Å². The van der Waals surface area contributed by atoms with Crippen molar-refractivity contribution in [3.05, 3.63) is 144 Å². The lowest BCUT2D eigenvalue weighted by atomic mass is 9.79. The zero-order chi connectivity index (χ0) is 61.0. The van der Waals surface area contributed by atoms with Gasteiger partial charge in [0.25, 0.3) is 0 Å². The van der Waals surface area contributed by atoms with Crippen LogP contribution in [0.1, 0.15) is 95.8 Å². The standard InChI is InChI=1S/C64H76N12O9/c1-63(2)50-24-14-25-51-64(3,4)57-43-21-11-9-19-41(43)27-29-49(57)76(51)35-31-53(78)71-45(23-15-33-69-62(66)67)59(83)70-38-54(79)72-47(37-55(80)81)61(85)74-46(36-39-16-6-5-7-17-39)60(84)73-44(58(65)82)22-12-13-32-68-52(77)30-34-75(50)48-28-26-40-18-8-10-20-42(40)56(48)63/h5-11,14,16-21,24-29,44-47H,12-13,15,22-23,30-38H2,1-4H3,(H12-,65,66,67,68,69,70,71,72,73,74,77,78,79,80,81,82,83,84,85)/p+1/t44-,45-,46+,47-/m0/s1. The monoisotopic (exact) mass is 1160 g/mol. The molecule has 0 saturated carbocycles. The minimum atomic E-state index is -1.73. The summed E-state index contributed by atoms with van der Waals surface area (Å²) in [5.74, 6) is -6.64. The second kappa shape index (κ2) is 27.3.